The Morgan fingerprint density at radius 1 is 1.29 bits per heavy atom. The molecule has 21 heavy (non-hydrogen) atoms. The second-order valence-corrected chi connectivity index (χ2v) is 8.08. The molecule has 0 radical (unpaired) electrons. The number of sulfonamides is 1. The molecule has 2 aromatic rings. The average molecular weight is 344 g/mol. The molecule has 0 saturated carbocycles. The van der Waals surface area contributed by atoms with E-state index in [1.54, 1.807) is 24.5 Å². The maximum atomic E-state index is 12.8. The number of aryl methyl sites for hydroxylation is 1. The Hall–Kier alpha value is -0.880. The number of rotatable bonds is 6. The normalized spacial score (nSPS) is 12.0. The molecule has 114 valence electrons. The largest absolute Gasteiger partial charge is 0.243 e. The van der Waals surface area contributed by atoms with E-state index >= 15 is 0 Å². The first-order valence-corrected chi connectivity index (χ1v) is 9.51. The van der Waals surface area contributed by atoms with Crippen molar-refractivity contribution in [3.63, 3.8) is 0 Å². The van der Waals surface area contributed by atoms with Crippen LogP contribution >= 0.6 is 22.9 Å². The summed E-state index contributed by atoms with van der Waals surface area (Å²) < 4.78 is 27.0. The van der Waals surface area contributed by atoms with Gasteiger partial charge in [-0.3, -0.25) is 0 Å². The molecule has 1 aromatic carbocycles. The molecular weight excluding hydrogens is 326 g/mol. The molecule has 0 fully saturated rings. The molecule has 1 heterocycles. The van der Waals surface area contributed by atoms with E-state index in [-0.39, 0.29) is 0 Å². The van der Waals surface area contributed by atoms with Crippen LogP contribution in [0.3, 0.4) is 0 Å². The van der Waals surface area contributed by atoms with Crippen molar-refractivity contribution >= 4 is 33.0 Å². The zero-order valence-corrected chi connectivity index (χ0v) is 14.4. The first-order valence-electron chi connectivity index (χ1n) is 6.65. The maximum Gasteiger partial charge on any atom is 0.243 e. The minimum atomic E-state index is -3.51. The molecule has 0 spiro atoms. The number of halogens is 1. The van der Waals surface area contributed by atoms with Crippen molar-refractivity contribution in [3.8, 4) is 0 Å². The Bertz CT molecular complexity index is 696. The highest BCUT2D eigenvalue weighted by atomic mass is 35.5. The van der Waals surface area contributed by atoms with Crippen molar-refractivity contribution in [2.24, 2.45) is 0 Å². The van der Waals surface area contributed by atoms with Gasteiger partial charge >= 0.3 is 0 Å². The number of thiophene rings is 1. The molecule has 0 atom stereocenters. The van der Waals surface area contributed by atoms with Gasteiger partial charge < -0.3 is 0 Å². The molecule has 0 aliphatic carbocycles. The second-order valence-electron chi connectivity index (χ2n) is 4.77. The van der Waals surface area contributed by atoms with Crippen molar-refractivity contribution < 1.29 is 8.42 Å². The van der Waals surface area contributed by atoms with Gasteiger partial charge in [-0.25, -0.2) is 8.42 Å². The van der Waals surface area contributed by atoms with E-state index in [9.17, 15) is 8.42 Å². The van der Waals surface area contributed by atoms with Crippen molar-refractivity contribution in [2.75, 3.05) is 7.05 Å². The van der Waals surface area contributed by atoms with E-state index in [0.717, 1.165) is 16.0 Å². The molecule has 3 nitrogen and oxygen atoms in total. The van der Waals surface area contributed by atoms with E-state index < -0.39 is 10.0 Å². The highest BCUT2D eigenvalue weighted by Gasteiger charge is 2.24. The molecule has 0 aliphatic rings. The predicted octanol–water partition coefficient (Wildman–Crippen LogP) is 3.87. The summed E-state index contributed by atoms with van der Waals surface area (Å²) >= 11 is 7.39. The summed E-state index contributed by atoms with van der Waals surface area (Å²) in [6.07, 6.45) is 0.671. The van der Waals surface area contributed by atoms with Gasteiger partial charge in [-0.05, 0) is 35.1 Å². The highest BCUT2D eigenvalue weighted by molar-refractivity contribution is 7.89. The standard InChI is InChI=1S/C15H18ClNO2S2/c1-3-13-7-6-12(10-16)9-15(13)21(18,19)17(2)11-14-5-4-8-20-14/h4-9H,3,10-11H2,1-2H3. The zero-order chi connectivity index (χ0) is 15.5. The lowest BCUT2D eigenvalue weighted by Crippen LogP contribution is -2.27. The third-order valence-electron chi connectivity index (χ3n) is 3.31. The fourth-order valence-electron chi connectivity index (χ4n) is 2.09. The minimum absolute atomic E-state index is 0.307. The van der Waals surface area contributed by atoms with Crippen LogP contribution in [0.4, 0.5) is 0 Å². The summed E-state index contributed by atoms with van der Waals surface area (Å²) in [5.41, 5.74) is 1.64. The van der Waals surface area contributed by atoms with Gasteiger partial charge in [0.25, 0.3) is 0 Å². The van der Waals surface area contributed by atoms with Crippen LogP contribution in [0.1, 0.15) is 22.9 Å². The number of alkyl halides is 1. The van der Waals surface area contributed by atoms with Gasteiger partial charge in [0.15, 0.2) is 0 Å². The van der Waals surface area contributed by atoms with Crippen LogP contribution in [-0.4, -0.2) is 19.8 Å². The lowest BCUT2D eigenvalue weighted by Gasteiger charge is -2.19. The lowest BCUT2D eigenvalue weighted by molar-refractivity contribution is 0.469. The van der Waals surface area contributed by atoms with Crippen LogP contribution < -0.4 is 0 Å². The molecule has 0 bridgehead atoms. The monoisotopic (exact) mass is 343 g/mol. The van der Waals surface area contributed by atoms with E-state index in [2.05, 4.69) is 0 Å². The second kappa shape index (κ2) is 6.92. The third kappa shape index (κ3) is 3.66. The number of nitrogens with zero attached hydrogens (tertiary/aromatic N) is 1. The van der Waals surface area contributed by atoms with Crippen LogP contribution in [-0.2, 0) is 28.9 Å². The maximum absolute atomic E-state index is 12.8. The zero-order valence-electron chi connectivity index (χ0n) is 12.0. The Morgan fingerprint density at radius 2 is 2.05 bits per heavy atom. The molecule has 0 saturated heterocycles. The SMILES string of the molecule is CCc1ccc(CCl)cc1S(=O)(=O)N(C)Cc1cccs1. The smallest absolute Gasteiger partial charge is 0.207 e. The van der Waals surface area contributed by atoms with Crippen molar-refractivity contribution in [1.29, 1.82) is 0 Å². The first-order chi connectivity index (χ1) is 9.98. The number of hydrogen-bond donors (Lipinski definition) is 0. The predicted molar refractivity (Wildman–Crippen MR) is 88.3 cm³/mol. The molecule has 2 rings (SSSR count). The van der Waals surface area contributed by atoms with Gasteiger partial charge in [-0.1, -0.05) is 25.1 Å². The quantitative estimate of drug-likeness (QED) is 0.747. The van der Waals surface area contributed by atoms with Crippen LogP contribution in [0.2, 0.25) is 0 Å². The number of hydrogen-bond acceptors (Lipinski definition) is 3. The van der Waals surface area contributed by atoms with Gasteiger partial charge in [0, 0.05) is 24.3 Å². The molecule has 0 amide bonds. The van der Waals surface area contributed by atoms with E-state index in [0.29, 0.717) is 23.7 Å². The Kier molecular flexibility index (Phi) is 5.43. The summed E-state index contributed by atoms with van der Waals surface area (Å²) in [7, 11) is -1.90. The highest BCUT2D eigenvalue weighted by Crippen LogP contribution is 2.24. The summed E-state index contributed by atoms with van der Waals surface area (Å²) in [5, 5.41) is 1.95. The summed E-state index contributed by atoms with van der Waals surface area (Å²) in [5.74, 6) is 0.307. The fraction of sp³-hybridized carbons (Fsp3) is 0.333. The fourth-order valence-corrected chi connectivity index (χ4v) is 4.58. The first kappa shape index (κ1) is 16.5. The summed E-state index contributed by atoms with van der Waals surface area (Å²) in [6.45, 7) is 2.34. The van der Waals surface area contributed by atoms with Crippen LogP contribution in [0, 0.1) is 0 Å². The third-order valence-corrected chi connectivity index (χ3v) is 6.37. The van der Waals surface area contributed by atoms with E-state index in [1.807, 2.05) is 36.6 Å². The van der Waals surface area contributed by atoms with Gasteiger partial charge in [-0.2, -0.15) is 4.31 Å². The minimum Gasteiger partial charge on any atom is -0.207 e. The topological polar surface area (TPSA) is 37.4 Å². The molecular formula is C15H18ClNO2S2. The molecule has 1 aromatic heterocycles. The Balaban J connectivity index is 2.38. The van der Waals surface area contributed by atoms with Gasteiger partial charge in [-0.15, -0.1) is 22.9 Å². The lowest BCUT2D eigenvalue weighted by atomic mass is 10.1. The van der Waals surface area contributed by atoms with Crippen LogP contribution in [0.15, 0.2) is 40.6 Å². The molecule has 0 aliphatic heterocycles. The van der Waals surface area contributed by atoms with Crippen LogP contribution in [0.5, 0.6) is 0 Å². The summed E-state index contributed by atoms with van der Waals surface area (Å²) in [6, 6.07) is 9.28. The number of benzene rings is 1. The average Bonchev–Trinajstić information content (AvgIpc) is 2.99. The molecule has 6 heteroatoms. The Morgan fingerprint density at radius 3 is 2.62 bits per heavy atom. The molecule has 0 unspecified atom stereocenters. The van der Waals surface area contributed by atoms with Crippen molar-refractivity contribution in [2.45, 2.75) is 30.7 Å². The van der Waals surface area contributed by atoms with E-state index in [4.69, 9.17) is 11.6 Å². The molecule has 0 N–H and O–H groups in total. The van der Waals surface area contributed by atoms with Crippen molar-refractivity contribution in [3.05, 3.63) is 51.7 Å². The van der Waals surface area contributed by atoms with Gasteiger partial charge in [0.1, 0.15) is 0 Å². The van der Waals surface area contributed by atoms with Gasteiger partial charge in [0.2, 0.25) is 10.0 Å². The summed E-state index contributed by atoms with van der Waals surface area (Å²) in [4.78, 5) is 1.38. The Labute approximate surface area is 135 Å². The van der Waals surface area contributed by atoms with Crippen LogP contribution in [0.25, 0.3) is 0 Å². The van der Waals surface area contributed by atoms with Crippen molar-refractivity contribution in [1.82, 2.24) is 4.31 Å². The van der Waals surface area contributed by atoms with E-state index in [1.165, 1.54) is 4.31 Å². The van der Waals surface area contributed by atoms with Gasteiger partial charge in [0.05, 0.1) is 4.90 Å².